The Hall–Kier alpha value is -0.860. The van der Waals surface area contributed by atoms with Crippen LogP contribution in [0.25, 0.3) is 0 Å². The number of rotatable bonds is 5. The van der Waals surface area contributed by atoms with Crippen LogP contribution in [-0.2, 0) is 6.54 Å². The molecule has 0 aliphatic carbocycles. The van der Waals surface area contributed by atoms with E-state index in [2.05, 4.69) is 24.2 Å². The van der Waals surface area contributed by atoms with Crippen LogP contribution in [0.1, 0.15) is 33.1 Å². The summed E-state index contributed by atoms with van der Waals surface area (Å²) in [6, 6.07) is 0. The van der Waals surface area contributed by atoms with Crippen molar-refractivity contribution in [2.45, 2.75) is 39.7 Å². The van der Waals surface area contributed by atoms with Crippen LogP contribution in [-0.4, -0.2) is 15.0 Å². The van der Waals surface area contributed by atoms with Crippen molar-refractivity contribution in [1.29, 1.82) is 0 Å². The zero-order valence-corrected chi connectivity index (χ0v) is 7.90. The van der Waals surface area contributed by atoms with E-state index in [-0.39, 0.29) is 0 Å². The Morgan fingerprint density at radius 3 is 2.92 bits per heavy atom. The summed E-state index contributed by atoms with van der Waals surface area (Å²) < 4.78 is 1.89. The molecule has 0 saturated carbocycles. The summed E-state index contributed by atoms with van der Waals surface area (Å²) in [7, 11) is 0. The third kappa shape index (κ3) is 3.03. The molecule has 1 unspecified atom stereocenters. The Bertz CT molecular complexity index is 194. The summed E-state index contributed by atoms with van der Waals surface area (Å²) in [5.41, 5.74) is 0. The highest BCUT2D eigenvalue weighted by atomic mass is 15.4. The lowest BCUT2D eigenvalue weighted by molar-refractivity contribution is 0.450. The minimum Gasteiger partial charge on any atom is -0.253 e. The summed E-state index contributed by atoms with van der Waals surface area (Å²) in [6.07, 6.45) is 7.41. The molecule has 0 N–H and O–H groups in total. The molecule has 0 fully saturated rings. The molecule has 12 heavy (non-hydrogen) atoms. The van der Waals surface area contributed by atoms with Crippen LogP contribution in [0.4, 0.5) is 0 Å². The first-order chi connectivity index (χ1) is 5.83. The quantitative estimate of drug-likeness (QED) is 0.672. The predicted octanol–water partition coefficient (Wildman–Crippen LogP) is 2.10. The molecule has 1 atom stereocenters. The van der Waals surface area contributed by atoms with Gasteiger partial charge in [-0.1, -0.05) is 25.5 Å². The van der Waals surface area contributed by atoms with E-state index in [1.165, 1.54) is 19.3 Å². The summed E-state index contributed by atoms with van der Waals surface area (Å²) in [4.78, 5) is 0. The van der Waals surface area contributed by atoms with Gasteiger partial charge in [0.1, 0.15) is 0 Å². The van der Waals surface area contributed by atoms with Crippen LogP contribution in [0.15, 0.2) is 12.4 Å². The second-order valence-corrected chi connectivity index (χ2v) is 3.32. The van der Waals surface area contributed by atoms with Gasteiger partial charge in [-0.05, 0) is 18.8 Å². The van der Waals surface area contributed by atoms with Gasteiger partial charge in [0.2, 0.25) is 0 Å². The van der Waals surface area contributed by atoms with Gasteiger partial charge in [-0.2, -0.15) is 0 Å². The second kappa shape index (κ2) is 4.91. The highest BCUT2D eigenvalue weighted by Gasteiger charge is 1.98. The SMILES string of the molecule is CCC(C)CCCn1ccnn1. The molecule has 3 nitrogen and oxygen atoms in total. The lowest BCUT2D eigenvalue weighted by Gasteiger charge is -2.06. The highest BCUT2D eigenvalue weighted by molar-refractivity contribution is 4.63. The van der Waals surface area contributed by atoms with Gasteiger partial charge in [-0.3, -0.25) is 4.68 Å². The Kier molecular flexibility index (Phi) is 3.77. The van der Waals surface area contributed by atoms with Gasteiger partial charge in [-0.25, -0.2) is 0 Å². The average molecular weight is 167 g/mol. The molecule has 0 aliphatic rings. The molecular formula is C9H17N3. The zero-order chi connectivity index (χ0) is 8.81. The number of hydrogen-bond donors (Lipinski definition) is 0. The third-order valence-corrected chi connectivity index (χ3v) is 2.25. The molecule has 0 bridgehead atoms. The first kappa shape index (κ1) is 9.23. The van der Waals surface area contributed by atoms with E-state index in [9.17, 15) is 0 Å². The molecule has 0 spiro atoms. The second-order valence-electron chi connectivity index (χ2n) is 3.32. The van der Waals surface area contributed by atoms with E-state index < -0.39 is 0 Å². The van der Waals surface area contributed by atoms with Crippen molar-refractivity contribution < 1.29 is 0 Å². The molecule has 3 heteroatoms. The largest absolute Gasteiger partial charge is 0.253 e. The Morgan fingerprint density at radius 1 is 1.50 bits per heavy atom. The van der Waals surface area contributed by atoms with Crippen molar-refractivity contribution in [1.82, 2.24) is 15.0 Å². The predicted molar refractivity (Wildman–Crippen MR) is 48.7 cm³/mol. The van der Waals surface area contributed by atoms with Crippen molar-refractivity contribution in [2.75, 3.05) is 0 Å². The fraction of sp³-hybridized carbons (Fsp3) is 0.778. The van der Waals surface area contributed by atoms with Gasteiger partial charge in [0.05, 0.1) is 6.20 Å². The van der Waals surface area contributed by atoms with Crippen molar-refractivity contribution >= 4 is 0 Å². The topological polar surface area (TPSA) is 30.7 Å². The van der Waals surface area contributed by atoms with Crippen molar-refractivity contribution in [3.05, 3.63) is 12.4 Å². The van der Waals surface area contributed by atoms with Gasteiger partial charge in [0, 0.05) is 12.7 Å². The van der Waals surface area contributed by atoms with Gasteiger partial charge >= 0.3 is 0 Å². The standard InChI is InChI=1S/C9H17N3/c1-3-9(2)5-4-7-12-8-6-10-11-12/h6,8-9H,3-5,7H2,1-2H3. The molecule has 1 aromatic heterocycles. The fourth-order valence-electron chi connectivity index (χ4n) is 1.16. The lowest BCUT2D eigenvalue weighted by Crippen LogP contribution is -2.01. The summed E-state index contributed by atoms with van der Waals surface area (Å²) in [5.74, 6) is 0.841. The molecule has 0 amide bonds. The molecule has 1 heterocycles. The Labute approximate surface area is 73.8 Å². The molecule has 1 aromatic rings. The first-order valence-corrected chi connectivity index (χ1v) is 4.67. The van der Waals surface area contributed by atoms with Gasteiger partial charge in [0.25, 0.3) is 0 Å². The van der Waals surface area contributed by atoms with E-state index in [1.807, 2.05) is 10.9 Å². The van der Waals surface area contributed by atoms with Crippen LogP contribution in [0.2, 0.25) is 0 Å². The van der Waals surface area contributed by atoms with Crippen molar-refractivity contribution in [3.63, 3.8) is 0 Å². The Morgan fingerprint density at radius 2 is 2.33 bits per heavy atom. The zero-order valence-electron chi connectivity index (χ0n) is 7.90. The molecule has 0 radical (unpaired) electrons. The Balaban J connectivity index is 2.11. The minimum absolute atomic E-state index is 0.841. The normalized spacial score (nSPS) is 13.2. The maximum absolute atomic E-state index is 3.91. The number of aromatic nitrogens is 3. The molecule has 1 rings (SSSR count). The van der Waals surface area contributed by atoms with Crippen LogP contribution in [0.5, 0.6) is 0 Å². The lowest BCUT2D eigenvalue weighted by atomic mass is 10.0. The van der Waals surface area contributed by atoms with Crippen LogP contribution < -0.4 is 0 Å². The maximum Gasteiger partial charge on any atom is 0.0692 e. The van der Waals surface area contributed by atoms with E-state index in [0.29, 0.717) is 0 Å². The van der Waals surface area contributed by atoms with Crippen LogP contribution in [0, 0.1) is 5.92 Å². The number of aryl methyl sites for hydroxylation is 1. The average Bonchev–Trinajstić information content (AvgIpc) is 2.57. The number of nitrogens with zero attached hydrogens (tertiary/aromatic N) is 3. The van der Waals surface area contributed by atoms with Crippen LogP contribution >= 0.6 is 0 Å². The van der Waals surface area contributed by atoms with Crippen molar-refractivity contribution in [3.8, 4) is 0 Å². The molecule has 0 aliphatic heterocycles. The van der Waals surface area contributed by atoms with E-state index in [4.69, 9.17) is 0 Å². The summed E-state index contributed by atoms with van der Waals surface area (Å²) >= 11 is 0. The van der Waals surface area contributed by atoms with E-state index in [1.54, 1.807) is 6.20 Å². The smallest absolute Gasteiger partial charge is 0.0692 e. The molecular weight excluding hydrogens is 150 g/mol. The first-order valence-electron chi connectivity index (χ1n) is 4.67. The van der Waals surface area contributed by atoms with Gasteiger partial charge in [0.15, 0.2) is 0 Å². The summed E-state index contributed by atoms with van der Waals surface area (Å²) in [5, 5.41) is 7.66. The molecule has 0 saturated heterocycles. The maximum atomic E-state index is 3.91. The summed E-state index contributed by atoms with van der Waals surface area (Å²) in [6.45, 7) is 5.53. The molecule has 0 aromatic carbocycles. The van der Waals surface area contributed by atoms with Crippen molar-refractivity contribution in [2.24, 2.45) is 5.92 Å². The third-order valence-electron chi connectivity index (χ3n) is 2.25. The van der Waals surface area contributed by atoms with E-state index >= 15 is 0 Å². The molecule has 68 valence electrons. The van der Waals surface area contributed by atoms with E-state index in [0.717, 1.165) is 12.5 Å². The van der Waals surface area contributed by atoms with Gasteiger partial charge < -0.3 is 0 Å². The highest BCUT2D eigenvalue weighted by Crippen LogP contribution is 2.09. The fourth-order valence-corrected chi connectivity index (χ4v) is 1.16. The van der Waals surface area contributed by atoms with Gasteiger partial charge in [-0.15, -0.1) is 5.10 Å². The number of hydrogen-bond acceptors (Lipinski definition) is 2. The minimum atomic E-state index is 0.841. The van der Waals surface area contributed by atoms with Crippen LogP contribution in [0.3, 0.4) is 0 Å². The monoisotopic (exact) mass is 167 g/mol.